The van der Waals surface area contributed by atoms with E-state index < -0.39 is 0 Å². The van der Waals surface area contributed by atoms with E-state index in [1.165, 1.54) is 12.1 Å². The van der Waals surface area contributed by atoms with Crippen molar-refractivity contribution in [3.05, 3.63) is 69.9 Å². The van der Waals surface area contributed by atoms with E-state index in [-0.39, 0.29) is 30.3 Å². The molecule has 0 fully saturated rings. The van der Waals surface area contributed by atoms with E-state index in [2.05, 4.69) is 21.2 Å². The highest BCUT2D eigenvalue weighted by molar-refractivity contribution is 9.10. The van der Waals surface area contributed by atoms with Crippen molar-refractivity contribution in [2.45, 2.75) is 19.3 Å². The fraction of sp³-hybridized carbons (Fsp3) is 0.222. The van der Waals surface area contributed by atoms with Gasteiger partial charge in [-0.15, -0.1) is 0 Å². The van der Waals surface area contributed by atoms with E-state index in [0.717, 1.165) is 10.0 Å². The first-order chi connectivity index (χ1) is 11.0. The number of carbonyl (C=O) groups excluding carboxylic acids is 2. The minimum absolute atomic E-state index is 0.0576. The summed E-state index contributed by atoms with van der Waals surface area (Å²) in [6, 6.07) is 13.3. The third-order valence-electron chi connectivity index (χ3n) is 3.37. The van der Waals surface area contributed by atoms with Gasteiger partial charge in [0.1, 0.15) is 5.82 Å². The number of Topliss-reactive ketones (excluding diaryl/α,β-unsaturated/α-hetero) is 1. The average Bonchev–Trinajstić information content (AvgIpc) is 2.53. The summed E-state index contributed by atoms with van der Waals surface area (Å²) >= 11 is 3.31. The molecule has 0 aromatic heterocycles. The Kier molecular flexibility index (Phi) is 6.47. The van der Waals surface area contributed by atoms with Crippen LogP contribution in [0.5, 0.6) is 0 Å². The minimum atomic E-state index is -0.283. The molecule has 1 N–H and O–H groups in total. The number of carbonyl (C=O) groups is 2. The second kappa shape index (κ2) is 8.58. The highest BCUT2D eigenvalue weighted by Crippen LogP contribution is 2.12. The molecule has 0 aliphatic rings. The van der Waals surface area contributed by atoms with Crippen LogP contribution in [0, 0.1) is 5.82 Å². The predicted molar refractivity (Wildman–Crippen MR) is 90.8 cm³/mol. The summed E-state index contributed by atoms with van der Waals surface area (Å²) in [6.07, 6.45) is 0.885. The number of ketones is 1. The van der Waals surface area contributed by atoms with Gasteiger partial charge in [0, 0.05) is 29.4 Å². The highest BCUT2D eigenvalue weighted by atomic mass is 79.9. The van der Waals surface area contributed by atoms with Crippen molar-refractivity contribution in [2.75, 3.05) is 6.54 Å². The zero-order valence-corrected chi connectivity index (χ0v) is 14.1. The number of nitrogens with one attached hydrogen (secondary N) is 1. The highest BCUT2D eigenvalue weighted by Gasteiger charge is 2.09. The van der Waals surface area contributed by atoms with Gasteiger partial charge in [-0.05, 0) is 36.2 Å². The summed E-state index contributed by atoms with van der Waals surface area (Å²) < 4.78 is 13.9. The molecule has 0 saturated heterocycles. The van der Waals surface area contributed by atoms with Gasteiger partial charge in [-0.3, -0.25) is 9.59 Å². The van der Waals surface area contributed by atoms with Crippen molar-refractivity contribution in [2.24, 2.45) is 0 Å². The van der Waals surface area contributed by atoms with Gasteiger partial charge in [0.2, 0.25) is 5.91 Å². The molecule has 0 unspecified atom stereocenters. The standard InChI is InChI=1S/C18H17BrFNO2/c19-15-6-4-14(5-7-15)17(22)8-9-18(23)21-11-10-13-2-1-3-16(20)12-13/h1-7,12H,8-11H2,(H,21,23). The maximum absolute atomic E-state index is 13.0. The van der Waals surface area contributed by atoms with Crippen LogP contribution in [0.15, 0.2) is 53.0 Å². The molecule has 0 radical (unpaired) electrons. The number of amides is 1. The molecule has 0 atom stereocenters. The quantitative estimate of drug-likeness (QED) is 0.743. The lowest BCUT2D eigenvalue weighted by atomic mass is 10.1. The summed E-state index contributed by atoms with van der Waals surface area (Å²) in [5.41, 5.74) is 1.43. The van der Waals surface area contributed by atoms with Crippen molar-refractivity contribution in [3.8, 4) is 0 Å². The first-order valence-corrected chi connectivity index (χ1v) is 8.14. The van der Waals surface area contributed by atoms with E-state index in [1.807, 2.05) is 6.07 Å². The van der Waals surface area contributed by atoms with E-state index in [4.69, 9.17) is 0 Å². The van der Waals surface area contributed by atoms with Gasteiger partial charge in [-0.2, -0.15) is 0 Å². The van der Waals surface area contributed by atoms with Gasteiger partial charge < -0.3 is 5.32 Å². The molecule has 23 heavy (non-hydrogen) atoms. The molecule has 0 aliphatic carbocycles. The average molecular weight is 378 g/mol. The zero-order chi connectivity index (χ0) is 16.7. The minimum Gasteiger partial charge on any atom is -0.356 e. The van der Waals surface area contributed by atoms with Crippen molar-refractivity contribution >= 4 is 27.6 Å². The molecular formula is C18H17BrFNO2. The molecule has 0 saturated carbocycles. The van der Waals surface area contributed by atoms with Gasteiger partial charge in [-0.25, -0.2) is 4.39 Å². The van der Waals surface area contributed by atoms with Gasteiger partial charge in [0.15, 0.2) is 5.78 Å². The summed E-state index contributed by atoms with van der Waals surface area (Å²) in [5, 5.41) is 2.75. The SMILES string of the molecule is O=C(CCC(=O)c1ccc(Br)cc1)NCCc1cccc(F)c1. The van der Waals surface area contributed by atoms with Crippen LogP contribution >= 0.6 is 15.9 Å². The Morgan fingerprint density at radius 2 is 1.78 bits per heavy atom. The van der Waals surface area contributed by atoms with Crippen LogP contribution in [-0.4, -0.2) is 18.2 Å². The maximum Gasteiger partial charge on any atom is 0.220 e. The first-order valence-electron chi connectivity index (χ1n) is 7.34. The molecule has 2 rings (SSSR count). The maximum atomic E-state index is 13.0. The summed E-state index contributed by atoms with van der Waals surface area (Å²) in [7, 11) is 0. The number of halogens is 2. The summed E-state index contributed by atoms with van der Waals surface area (Å²) in [5.74, 6) is -0.515. The Hall–Kier alpha value is -2.01. The van der Waals surface area contributed by atoms with Crippen LogP contribution in [0.3, 0.4) is 0 Å². The molecule has 2 aromatic rings. The fourth-order valence-corrected chi connectivity index (χ4v) is 2.40. The van der Waals surface area contributed by atoms with E-state index in [9.17, 15) is 14.0 Å². The lowest BCUT2D eigenvalue weighted by Gasteiger charge is -2.05. The Morgan fingerprint density at radius 3 is 2.48 bits per heavy atom. The Balaban J connectivity index is 1.70. The zero-order valence-electron chi connectivity index (χ0n) is 12.5. The number of hydrogen-bond acceptors (Lipinski definition) is 2. The summed E-state index contributed by atoms with van der Waals surface area (Å²) in [4.78, 5) is 23.7. The second-order valence-corrected chi connectivity index (χ2v) is 6.08. The molecule has 120 valence electrons. The van der Waals surface area contributed by atoms with Gasteiger partial charge in [0.25, 0.3) is 0 Å². The van der Waals surface area contributed by atoms with Crippen LogP contribution < -0.4 is 5.32 Å². The molecule has 0 bridgehead atoms. The van der Waals surface area contributed by atoms with Crippen LogP contribution in [-0.2, 0) is 11.2 Å². The predicted octanol–water partition coefficient (Wildman–Crippen LogP) is 3.91. The lowest BCUT2D eigenvalue weighted by Crippen LogP contribution is -2.26. The third-order valence-corrected chi connectivity index (χ3v) is 3.90. The smallest absolute Gasteiger partial charge is 0.220 e. The molecular weight excluding hydrogens is 361 g/mol. The summed E-state index contributed by atoms with van der Waals surface area (Å²) in [6.45, 7) is 0.425. The molecule has 1 amide bonds. The molecule has 3 nitrogen and oxygen atoms in total. The number of benzene rings is 2. The second-order valence-electron chi connectivity index (χ2n) is 5.16. The molecule has 0 spiro atoms. The van der Waals surface area contributed by atoms with Crippen molar-refractivity contribution in [1.82, 2.24) is 5.32 Å². The van der Waals surface area contributed by atoms with Gasteiger partial charge in [0.05, 0.1) is 0 Å². The molecule has 5 heteroatoms. The van der Waals surface area contributed by atoms with Crippen molar-refractivity contribution in [3.63, 3.8) is 0 Å². The fourth-order valence-electron chi connectivity index (χ4n) is 2.13. The number of hydrogen-bond donors (Lipinski definition) is 1. The van der Waals surface area contributed by atoms with Crippen LogP contribution in [0.4, 0.5) is 4.39 Å². The van der Waals surface area contributed by atoms with Crippen LogP contribution in [0.25, 0.3) is 0 Å². The van der Waals surface area contributed by atoms with Gasteiger partial charge in [-0.1, -0.05) is 40.2 Å². The van der Waals surface area contributed by atoms with Crippen molar-refractivity contribution in [1.29, 1.82) is 0 Å². The van der Waals surface area contributed by atoms with E-state index >= 15 is 0 Å². The Bertz CT molecular complexity index is 686. The normalized spacial score (nSPS) is 10.3. The van der Waals surface area contributed by atoms with E-state index in [0.29, 0.717) is 18.5 Å². The molecule has 0 aliphatic heterocycles. The number of rotatable bonds is 7. The van der Waals surface area contributed by atoms with Crippen LogP contribution in [0.2, 0.25) is 0 Å². The first kappa shape index (κ1) is 17.3. The van der Waals surface area contributed by atoms with E-state index in [1.54, 1.807) is 30.3 Å². The Labute approximate surface area is 143 Å². The van der Waals surface area contributed by atoms with Crippen molar-refractivity contribution < 1.29 is 14.0 Å². The largest absolute Gasteiger partial charge is 0.356 e. The lowest BCUT2D eigenvalue weighted by molar-refractivity contribution is -0.121. The molecule has 2 aromatic carbocycles. The van der Waals surface area contributed by atoms with Crippen LogP contribution in [0.1, 0.15) is 28.8 Å². The van der Waals surface area contributed by atoms with Gasteiger partial charge >= 0.3 is 0 Å². The Morgan fingerprint density at radius 1 is 1.04 bits per heavy atom. The topological polar surface area (TPSA) is 46.2 Å². The molecule has 0 heterocycles. The monoisotopic (exact) mass is 377 g/mol. The third kappa shape index (κ3) is 5.94.